The smallest absolute Gasteiger partial charge is 0.226 e. The molecule has 0 saturated heterocycles. The zero-order valence-corrected chi connectivity index (χ0v) is 11.0. The molecule has 0 aromatic carbocycles. The van der Waals surface area contributed by atoms with Gasteiger partial charge in [0.2, 0.25) is 11.8 Å². The topological polar surface area (TPSA) is 73.1 Å². The van der Waals surface area contributed by atoms with E-state index in [1.54, 1.807) is 12.3 Å². The van der Waals surface area contributed by atoms with Crippen LogP contribution in [0.4, 0.5) is 5.95 Å². The lowest BCUT2D eigenvalue weighted by molar-refractivity contribution is 0.305. The molecule has 0 bridgehead atoms. The molecule has 0 radical (unpaired) electrons. The third-order valence-corrected chi connectivity index (χ3v) is 2.66. The van der Waals surface area contributed by atoms with Crippen molar-refractivity contribution >= 4 is 5.95 Å². The average Bonchev–Trinajstić information content (AvgIpc) is 2.26. The number of anilines is 1. The molecule has 3 N–H and O–H groups in total. The molecule has 0 spiro atoms. The minimum absolute atomic E-state index is 0.00804. The van der Waals surface area contributed by atoms with Gasteiger partial charge in [0, 0.05) is 23.8 Å². The van der Waals surface area contributed by atoms with Gasteiger partial charge in [0.15, 0.2) is 0 Å². The quantitative estimate of drug-likeness (QED) is 0.790. The molecular weight excluding hydrogens is 216 g/mol. The molecule has 5 heteroatoms. The lowest BCUT2D eigenvalue weighted by Crippen LogP contribution is -2.47. The van der Waals surface area contributed by atoms with Crippen molar-refractivity contribution in [3.05, 3.63) is 12.3 Å². The van der Waals surface area contributed by atoms with Crippen molar-refractivity contribution in [1.29, 1.82) is 0 Å². The van der Waals surface area contributed by atoms with Gasteiger partial charge < -0.3 is 15.8 Å². The van der Waals surface area contributed by atoms with Gasteiger partial charge in [-0.25, -0.2) is 4.98 Å². The first-order chi connectivity index (χ1) is 7.95. The molecule has 0 saturated carbocycles. The van der Waals surface area contributed by atoms with E-state index in [0.717, 1.165) is 6.42 Å². The van der Waals surface area contributed by atoms with E-state index in [-0.39, 0.29) is 11.6 Å². The Hall–Kier alpha value is -1.36. The van der Waals surface area contributed by atoms with E-state index in [2.05, 4.69) is 22.2 Å². The molecule has 17 heavy (non-hydrogen) atoms. The highest BCUT2D eigenvalue weighted by Crippen LogP contribution is 2.15. The van der Waals surface area contributed by atoms with Crippen LogP contribution < -0.4 is 15.8 Å². The van der Waals surface area contributed by atoms with Crippen LogP contribution in [0.25, 0.3) is 0 Å². The Balaban J connectivity index is 2.71. The molecule has 96 valence electrons. The largest absolute Gasteiger partial charge is 0.478 e. The Bertz CT molecular complexity index is 352. The van der Waals surface area contributed by atoms with E-state index < -0.39 is 0 Å². The van der Waals surface area contributed by atoms with Crippen LogP contribution in [0.5, 0.6) is 5.88 Å². The molecule has 0 aliphatic rings. The van der Waals surface area contributed by atoms with Crippen LogP contribution in [0.2, 0.25) is 0 Å². The molecular formula is C12H22N4O. The zero-order chi connectivity index (χ0) is 12.9. The first-order valence-electron chi connectivity index (χ1n) is 5.95. The van der Waals surface area contributed by atoms with Crippen molar-refractivity contribution in [1.82, 2.24) is 9.97 Å². The average molecular weight is 238 g/mol. The maximum Gasteiger partial charge on any atom is 0.226 e. The van der Waals surface area contributed by atoms with E-state index in [1.807, 2.05) is 20.8 Å². The van der Waals surface area contributed by atoms with Crippen LogP contribution in [-0.4, -0.2) is 28.2 Å². The number of ether oxygens (including phenoxy) is 1. The summed E-state index contributed by atoms with van der Waals surface area (Å²) < 4.78 is 5.45. The molecule has 0 amide bonds. The van der Waals surface area contributed by atoms with Crippen LogP contribution in [-0.2, 0) is 0 Å². The summed E-state index contributed by atoms with van der Waals surface area (Å²) in [5.74, 6) is 1.13. The molecule has 1 heterocycles. The van der Waals surface area contributed by atoms with Gasteiger partial charge in [-0.15, -0.1) is 0 Å². The van der Waals surface area contributed by atoms with E-state index >= 15 is 0 Å². The van der Waals surface area contributed by atoms with Crippen LogP contribution in [0.1, 0.15) is 34.1 Å². The summed E-state index contributed by atoms with van der Waals surface area (Å²) in [6.07, 6.45) is 2.63. The van der Waals surface area contributed by atoms with Crippen molar-refractivity contribution < 1.29 is 4.74 Å². The van der Waals surface area contributed by atoms with Gasteiger partial charge in [-0.2, -0.15) is 4.98 Å². The maximum atomic E-state index is 5.89. The lowest BCUT2D eigenvalue weighted by atomic mass is 9.97. The summed E-state index contributed by atoms with van der Waals surface area (Å²) >= 11 is 0. The third-order valence-electron chi connectivity index (χ3n) is 2.66. The molecule has 1 aromatic rings. The van der Waals surface area contributed by atoms with Crippen LogP contribution >= 0.6 is 0 Å². The predicted octanol–water partition coefficient (Wildman–Crippen LogP) is 1.80. The van der Waals surface area contributed by atoms with Crippen molar-refractivity contribution in [2.24, 2.45) is 5.73 Å². The first kappa shape index (κ1) is 13.7. The minimum Gasteiger partial charge on any atom is -0.478 e. The van der Waals surface area contributed by atoms with Gasteiger partial charge >= 0.3 is 0 Å². The fourth-order valence-electron chi connectivity index (χ4n) is 1.09. The van der Waals surface area contributed by atoms with Crippen molar-refractivity contribution in [2.45, 2.75) is 45.7 Å². The highest BCUT2D eigenvalue weighted by Gasteiger charge is 2.23. The summed E-state index contributed by atoms with van der Waals surface area (Å²) in [4.78, 5) is 8.44. The number of aromatic nitrogens is 2. The second-order valence-electron chi connectivity index (χ2n) is 4.70. The van der Waals surface area contributed by atoms with Crippen molar-refractivity contribution in [2.75, 3.05) is 11.9 Å². The third kappa shape index (κ3) is 4.19. The molecule has 1 unspecified atom stereocenters. The van der Waals surface area contributed by atoms with E-state index in [0.29, 0.717) is 18.4 Å². The Morgan fingerprint density at radius 3 is 2.82 bits per heavy atom. The first-order valence-corrected chi connectivity index (χ1v) is 5.95. The number of hydrogen-bond acceptors (Lipinski definition) is 5. The van der Waals surface area contributed by atoms with E-state index in [1.165, 1.54) is 0 Å². The molecule has 1 aromatic heterocycles. The van der Waals surface area contributed by atoms with Crippen LogP contribution in [0.15, 0.2) is 12.3 Å². The maximum absolute atomic E-state index is 5.89. The number of nitrogens with two attached hydrogens (primary N) is 1. The second kappa shape index (κ2) is 5.82. The van der Waals surface area contributed by atoms with Gasteiger partial charge in [0.05, 0.1) is 6.61 Å². The van der Waals surface area contributed by atoms with Crippen molar-refractivity contribution in [3.8, 4) is 5.88 Å². The predicted molar refractivity (Wildman–Crippen MR) is 69.2 cm³/mol. The van der Waals surface area contributed by atoms with Crippen LogP contribution in [0.3, 0.4) is 0 Å². The van der Waals surface area contributed by atoms with Gasteiger partial charge in [0.1, 0.15) is 0 Å². The fraction of sp³-hybridized carbons (Fsp3) is 0.667. The van der Waals surface area contributed by atoms with Crippen molar-refractivity contribution in [3.63, 3.8) is 0 Å². The fourth-order valence-corrected chi connectivity index (χ4v) is 1.09. The molecule has 0 aliphatic heterocycles. The Morgan fingerprint density at radius 2 is 2.24 bits per heavy atom. The normalized spacial score (nSPS) is 13.2. The Kier molecular flexibility index (Phi) is 4.69. The van der Waals surface area contributed by atoms with Gasteiger partial charge in [-0.1, -0.05) is 6.92 Å². The highest BCUT2D eigenvalue weighted by atomic mass is 16.5. The van der Waals surface area contributed by atoms with Gasteiger partial charge in [-0.3, -0.25) is 0 Å². The molecule has 5 nitrogen and oxygen atoms in total. The van der Waals surface area contributed by atoms with Gasteiger partial charge in [-0.05, 0) is 27.2 Å². The number of nitrogens with one attached hydrogen (secondary N) is 1. The standard InChI is InChI=1S/C12H22N4O/c1-5-8-17-10-6-7-14-11(15-10)16-12(3,4)9(2)13/h6-7,9H,5,8,13H2,1-4H3,(H,14,15,16). The summed E-state index contributed by atoms with van der Waals surface area (Å²) in [6, 6.07) is 1.74. The van der Waals surface area contributed by atoms with Crippen LogP contribution in [0, 0.1) is 0 Å². The van der Waals surface area contributed by atoms with E-state index in [4.69, 9.17) is 10.5 Å². The molecule has 0 aliphatic carbocycles. The second-order valence-corrected chi connectivity index (χ2v) is 4.70. The highest BCUT2D eigenvalue weighted by molar-refractivity contribution is 5.31. The number of hydrogen-bond donors (Lipinski definition) is 2. The summed E-state index contributed by atoms with van der Waals surface area (Å²) in [5, 5.41) is 3.21. The number of nitrogens with zero attached hydrogens (tertiary/aromatic N) is 2. The summed E-state index contributed by atoms with van der Waals surface area (Å²) in [5.41, 5.74) is 5.63. The SMILES string of the molecule is CCCOc1ccnc(NC(C)(C)C(C)N)n1. The number of rotatable bonds is 6. The monoisotopic (exact) mass is 238 g/mol. The Labute approximate surface area is 103 Å². The zero-order valence-electron chi connectivity index (χ0n) is 11.0. The Morgan fingerprint density at radius 1 is 1.53 bits per heavy atom. The van der Waals surface area contributed by atoms with E-state index in [9.17, 15) is 0 Å². The minimum atomic E-state index is -0.261. The van der Waals surface area contributed by atoms with Gasteiger partial charge in [0.25, 0.3) is 0 Å². The molecule has 1 atom stereocenters. The lowest BCUT2D eigenvalue weighted by Gasteiger charge is -2.30. The molecule has 0 fully saturated rings. The summed E-state index contributed by atoms with van der Waals surface area (Å²) in [6.45, 7) is 8.69. The summed E-state index contributed by atoms with van der Waals surface area (Å²) in [7, 11) is 0. The molecule has 1 rings (SSSR count).